The summed E-state index contributed by atoms with van der Waals surface area (Å²) in [6.07, 6.45) is 0. The lowest BCUT2D eigenvalue weighted by Crippen LogP contribution is -2.13. The summed E-state index contributed by atoms with van der Waals surface area (Å²) in [5.41, 5.74) is 0.703. The maximum Gasteiger partial charge on any atom is 0.266 e. The van der Waals surface area contributed by atoms with Crippen molar-refractivity contribution in [3.05, 3.63) is 50.1 Å². The summed E-state index contributed by atoms with van der Waals surface area (Å²) in [5.74, 6) is -0.590. The fourth-order valence-corrected chi connectivity index (χ4v) is 2.27. The normalized spacial score (nSPS) is 10.2. The van der Waals surface area contributed by atoms with Gasteiger partial charge in [-0.3, -0.25) is 4.79 Å². The molecule has 0 saturated carbocycles. The van der Waals surface area contributed by atoms with Crippen molar-refractivity contribution in [2.45, 2.75) is 6.92 Å². The van der Waals surface area contributed by atoms with Gasteiger partial charge in [-0.15, -0.1) is 0 Å². The van der Waals surface area contributed by atoms with E-state index in [1.165, 1.54) is 13.2 Å². The van der Waals surface area contributed by atoms with Crippen molar-refractivity contribution in [2.24, 2.45) is 0 Å². The lowest BCUT2D eigenvalue weighted by atomic mass is 10.00. The first-order valence-electron chi connectivity index (χ1n) is 5.66. The zero-order chi connectivity index (χ0) is 14.9. The number of methoxy groups -OCH3 is 1. The van der Waals surface area contributed by atoms with E-state index in [9.17, 15) is 9.18 Å². The van der Waals surface area contributed by atoms with E-state index in [0.29, 0.717) is 16.8 Å². The molecule has 1 N–H and O–H groups in total. The van der Waals surface area contributed by atoms with Crippen LogP contribution in [0.1, 0.15) is 11.3 Å². The van der Waals surface area contributed by atoms with Gasteiger partial charge < -0.3 is 9.72 Å². The highest BCUT2D eigenvalue weighted by atomic mass is 79.9. The lowest BCUT2D eigenvalue weighted by molar-refractivity contribution is 0.387. The number of nitriles is 1. The van der Waals surface area contributed by atoms with Gasteiger partial charge in [-0.1, -0.05) is 0 Å². The summed E-state index contributed by atoms with van der Waals surface area (Å²) in [5, 5.41) is 9.13. The number of hydrogen-bond donors (Lipinski definition) is 1. The molecular weight excluding hydrogens is 327 g/mol. The van der Waals surface area contributed by atoms with Crippen LogP contribution in [0.5, 0.6) is 5.75 Å². The van der Waals surface area contributed by atoms with Crippen LogP contribution in [0.2, 0.25) is 0 Å². The van der Waals surface area contributed by atoms with Crippen molar-refractivity contribution >= 4 is 15.9 Å². The number of halogens is 2. The molecule has 0 aliphatic carbocycles. The largest absolute Gasteiger partial charge is 0.493 e. The fraction of sp³-hybridized carbons (Fsp3) is 0.143. The molecule has 6 heteroatoms. The molecule has 20 heavy (non-hydrogen) atoms. The fourth-order valence-electron chi connectivity index (χ4n) is 1.96. The Morgan fingerprint density at radius 3 is 2.70 bits per heavy atom. The molecule has 2 rings (SSSR count). The second kappa shape index (κ2) is 5.47. The summed E-state index contributed by atoms with van der Waals surface area (Å²) in [6, 6.07) is 6.56. The van der Waals surface area contributed by atoms with Gasteiger partial charge in [-0.25, -0.2) is 4.39 Å². The number of rotatable bonds is 2. The molecule has 4 nitrogen and oxygen atoms in total. The van der Waals surface area contributed by atoms with E-state index in [-0.39, 0.29) is 15.8 Å². The van der Waals surface area contributed by atoms with Crippen molar-refractivity contribution in [1.82, 2.24) is 4.98 Å². The number of benzene rings is 1. The molecule has 0 amide bonds. The highest BCUT2D eigenvalue weighted by molar-refractivity contribution is 9.10. The van der Waals surface area contributed by atoms with Crippen molar-refractivity contribution < 1.29 is 9.13 Å². The Balaban J connectivity index is 2.86. The summed E-state index contributed by atoms with van der Waals surface area (Å²) in [6.45, 7) is 1.69. The molecule has 1 heterocycles. The second-order valence-corrected chi connectivity index (χ2v) is 4.98. The van der Waals surface area contributed by atoms with Crippen LogP contribution >= 0.6 is 15.9 Å². The Labute approximate surface area is 123 Å². The second-order valence-electron chi connectivity index (χ2n) is 4.12. The van der Waals surface area contributed by atoms with E-state index >= 15 is 0 Å². The maximum absolute atomic E-state index is 14.0. The number of H-pyrrole nitrogens is 1. The predicted molar refractivity (Wildman–Crippen MR) is 76.2 cm³/mol. The number of aromatic nitrogens is 1. The third-order valence-corrected chi connectivity index (χ3v) is 3.44. The molecule has 1 aromatic heterocycles. The number of nitrogens with one attached hydrogen (secondary N) is 1. The van der Waals surface area contributed by atoms with Crippen LogP contribution in [-0.4, -0.2) is 12.1 Å². The first-order chi connectivity index (χ1) is 9.49. The zero-order valence-electron chi connectivity index (χ0n) is 10.8. The quantitative estimate of drug-likeness (QED) is 0.916. The van der Waals surface area contributed by atoms with Gasteiger partial charge in [0.15, 0.2) is 11.6 Å². The summed E-state index contributed by atoms with van der Waals surface area (Å²) >= 11 is 3.07. The first kappa shape index (κ1) is 14.3. The standard InChI is InChI=1S/C14H10BrFN2O2/c1-7-5-9(10(6-17)14(19)18-7)8-3-4-11(15)12(16)13(8)20-2/h3-5H,1-2H3,(H,18,19). The molecule has 0 aliphatic rings. The third kappa shape index (κ3) is 2.32. The first-order valence-corrected chi connectivity index (χ1v) is 6.45. The van der Waals surface area contributed by atoms with Crippen LogP contribution in [0, 0.1) is 24.1 Å². The monoisotopic (exact) mass is 336 g/mol. The molecule has 2 aromatic rings. The molecule has 0 fully saturated rings. The highest BCUT2D eigenvalue weighted by Crippen LogP contribution is 2.36. The summed E-state index contributed by atoms with van der Waals surface area (Å²) in [7, 11) is 1.33. The van der Waals surface area contributed by atoms with Crippen LogP contribution in [-0.2, 0) is 0 Å². The molecule has 0 saturated heterocycles. The van der Waals surface area contributed by atoms with E-state index in [2.05, 4.69) is 20.9 Å². The van der Waals surface area contributed by atoms with Crippen LogP contribution < -0.4 is 10.3 Å². The van der Waals surface area contributed by atoms with Gasteiger partial charge in [0.2, 0.25) is 0 Å². The average molecular weight is 337 g/mol. The van der Waals surface area contributed by atoms with Crippen molar-refractivity contribution in [3.63, 3.8) is 0 Å². The minimum Gasteiger partial charge on any atom is -0.493 e. The molecule has 0 bridgehead atoms. The minimum absolute atomic E-state index is 0.0131. The SMILES string of the molecule is COc1c(-c2cc(C)[nH]c(=O)c2C#N)ccc(Br)c1F. The van der Waals surface area contributed by atoms with Gasteiger partial charge in [-0.05, 0) is 41.1 Å². The Morgan fingerprint density at radius 2 is 2.10 bits per heavy atom. The van der Waals surface area contributed by atoms with Crippen molar-refractivity contribution in [3.8, 4) is 22.9 Å². The van der Waals surface area contributed by atoms with Crippen LogP contribution in [0.4, 0.5) is 4.39 Å². The Bertz CT molecular complexity index is 778. The number of nitrogens with zero attached hydrogens (tertiary/aromatic N) is 1. The predicted octanol–water partition coefficient (Wildman–Crippen LogP) is 3.13. The number of aromatic amines is 1. The zero-order valence-corrected chi connectivity index (χ0v) is 12.3. The summed E-state index contributed by atoms with van der Waals surface area (Å²) in [4.78, 5) is 14.3. The van der Waals surface area contributed by atoms with Gasteiger partial charge in [0, 0.05) is 16.8 Å². The molecule has 0 radical (unpaired) electrons. The van der Waals surface area contributed by atoms with Gasteiger partial charge in [0.25, 0.3) is 5.56 Å². The molecular formula is C14H10BrFN2O2. The van der Waals surface area contributed by atoms with Gasteiger partial charge in [0.1, 0.15) is 11.6 Å². The highest BCUT2D eigenvalue weighted by Gasteiger charge is 2.18. The van der Waals surface area contributed by atoms with E-state index in [0.717, 1.165) is 0 Å². The van der Waals surface area contributed by atoms with Crippen LogP contribution in [0.15, 0.2) is 27.5 Å². The topological polar surface area (TPSA) is 65.9 Å². The van der Waals surface area contributed by atoms with E-state index in [1.807, 2.05) is 6.07 Å². The Morgan fingerprint density at radius 1 is 1.40 bits per heavy atom. The van der Waals surface area contributed by atoms with Crippen LogP contribution in [0.25, 0.3) is 11.1 Å². The number of hydrogen-bond acceptors (Lipinski definition) is 3. The lowest BCUT2D eigenvalue weighted by Gasteiger charge is -2.12. The van der Waals surface area contributed by atoms with E-state index in [1.54, 1.807) is 19.1 Å². The average Bonchev–Trinajstić information content (AvgIpc) is 2.41. The van der Waals surface area contributed by atoms with E-state index in [4.69, 9.17) is 10.00 Å². The van der Waals surface area contributed by atoms with Crippen molar-refractivity contribution in [2.75, 3.05) is 7.11 Å². The summed E-state index contributed by atoms with van der Waals surface area (Å²) < 4.78 is 19.4. The maximum atomic E-state index is 14.0. The van der Waals surface area contributed by atoms with Crippen molar-refractivity contribution in [1.29, 1.82) is 5.26 Å². The number of pyridine rings is 1. The van der Waals surface area contributed by atoms with Gasteiger partial charge in [-0.2, -0.15) is 5.26 Å². The number of ether oxygens (including phenoxy) is 1. The molecule has 102 valence electrons. The third-order valence-electron chi connectivity index (χ3n) is 2.82. The smallest absolute Gasteiger partial charge is 0.266 e. The molecule has 0 unspecified atom stereocenters. The van der Waals surface area contributed by atoms with Gasteiger partial charge >= 0.3 is 0 Å². The number of aryl methyl sites for hydroxylation is 1. The van der Waals surface area contributed by atoms with Crippen LogP contribution in [0.3, 0.4) is 0 Å². The Kier molecular flexibility index (Phi) is 3.91. The molecule has 1 aromatic carbocycles. The Hall–Kier alpha value is -2.13. The minimum atomic E-state index is -0.577. The molecule has 0 aliphatic heterocycles. The van der Waals surface area contributed by atoms with E-state index < -0.39 is 11.4 Å². The molecule has 0 atom stereocenters. The van der Waals surface area contributed by atoms with Gasteiger partial charge in [0.05, 0.1) is 11.6 Å². The molecule has 0 spiro atoms.